The van der Waals surface area contributed by atoms with Crippen molar-refractivity contribution in [1.82, 2.24) is 5.32 Å². The number of hydrogen-bond acceptors (Lipinski definition) is 3. The average Bonchev–Trinajstić information content (AvgIpc) is 2.50. The van der Waals surface area contributed by atoms with Crippen LogP contribution in [0.5, 0.6) is 11.5 Å². The summed E-state index contributed by atoms with van der Waals surface area (Å²) in [7, 11) is 0. The molecule has 0 spiro atoms. The predicted octanol–water partition coefficient (Wildman–Crippen LogP) is 3.75. The van der Waals surface area contributed by atoms with Gasteiger partial charge in [0, 0.05) is 6.54 Å². The normalized spacial score (nSPS) is 11.8. The summed E-state index contributed by atoms with van der Waals surface area (Å²) in [6, 6.07) is 12.0. The number of nitrogens with one attached hydrogen (secondary N) is 1. The lowest BCUT2D eigenvalue weighted by atomic mass is 10.2. The van der Waals surface area contributed by atoms with Crippen molar-refractivity contribution in [2.24, 2.45) is 5.73 Å². The van der Waals surface area contributed by atoms with Crippen LogP contribution in [0.3, 0.4) is 0 Å². The molecular weight excluding hydrogens is 323 g/mol. The van der Waals surface area contributed by atoms with Crippen molar-refractivity contribution >= 4 is 29.1 Å². The second-order valence-electron chi connectivity index (χ2n) is 4.80. The van der Waals surface area contributed by atoms with Gasteiger partial charge in [0.25, 0.3) is 0 Å². The number of hydrogen-bond donors (Lipinski definition) is 2. The minimum atomic E-state index is -0.521. The zero-order valence-electron chi connectivity index (χ0n) is 12.0. The summed E-state index contributed by atoms with van der Waals surface area (Å²) in [6.07, 6.45) is 0. The van der Waals surface area contributed by atoms with Crippen LogP contribution in [0.15, 0.2) is 42.5 Å². The number of carbonyl (C=O) groups is 1. The minimum absolute atomic E-state index is 0.189. The highest BCUT2D eigenvalue weighted by atomic mass is 35.5. The smallest absolute Gasteiger partial charge is 0.236 e. The van der Waals surface area contributed by atoms with Crippen LogP contribution in [0, 0.1) is 0 Å². The Kier molecular flexibility index (Phi) is 5.66. The first kappa shape index (κ1) is 16.6. The average molecular weight is 339 g/mol. The summed E-state index contributed by atoms with van der Waals surface area (Å²) in [5.41, 5.74) is 6.42. The van der Waals surface area contributed by atoms with Crippen molar-refractivity contribution < 1.29 is 9.53 Å². The van der Waals surface area contributed by atoms with E-state index in [1.54, 1.807) is 37.3 Å². The standard InChI is InChI=1S/C16H16Cl2N2O2/c1-10(19)16(21)20-9-11-5-7-12(8-6-11)22-14-4-2-3-13(17)15(14)18/h2-8,10H,9,19H2,1H3,(H,20,21)/t10-/m0/s1. The Hall–Kier alpha value is -1.75. The van der Waals surface area contributed by atoms with E-state index < -0.39 is 6.04 Å². The molecule has 1 amide bonds. The van der Waals surface area contributed by atoms with Crippen molar-refractivity contribution in [1.29, 1.82) is 0 Å². The number of benzene rings is 2. The van der Waals surface area contributed by atoms with Crippen LogP contribution < -0.4 is 15.8 Å². The van der Waals surface area contributed by atoms with E-state index in [1.165, 1.54) is 0 Å². The van der Waals surface area contributed by atoms with Crippen molar-refractivity contribution in [2.75, 3.05) is 0 Å². The lowest BCUT2D eigenvalue weighted by Crippen LogP contribution is -2.37. The summed E-state index contributed by atoms with van der Waals surface area (Å²) in [6.45, 7) is 2.06. The number of nitrogens with two attached hydrogens (primary N) is 1. The molecule has 1 atom stereocenters. The Bertz CT molecular complexity index is 658. The molecule has 116 valence electrons. The second kappa shape index (κ2) is 7.49. The van der Waals surface area contributed by atoms with Crippen LogP contribution in [-0.4, -0.2) is 11.9 Å². The first-order valence-corrected chi connectivity index (χ1v) is 7.47. The molecule has 0 fully saturated rings. The van der Waals surface area contributed by atoms with Crippen molar-refractivity contribution in [3.8, 4) is 11.5 Å². The van der Waals surface area contributed by atoms with Gasteiger partial charge in [0.05, 0.1) is 11.1 Å². The highest BCUT2D eigenvalue weighted by Gasteiger charge is 2.08. The van der Waals surface area contributed by atoms with Crippen LogP contribution in [0.2, 0.25) is 10.0 Å². The van der Waals surface area contributed by atoms with E-state index in [4.69, 9.17) is 33.7 Å². The maximum Gasteiger partial charge on any atom is 0.236 e. The van der Waals surface area contributed by atoms with Gasteiger partial charge in [-0.2, -0.15) is 0 Å². The molecule has 0 saturated heterocycles. The molecule has 6 heteroatoms. The SMILES string of the molecule is C[C@H](N)C(=O)NCc1ccc(Oc2cccc(Cl)c2Cl)cc1. The summed E-state index contributed by atoms with van der Waals surface area (Å²) in [5, 5.41) is 3.55. The maximum atomic E-state index is 11.4. The van der Waals surface area contributed by atoms with E-state index >= 15 is 0 Å². The summed E-state index contributed by atoms with van der Waals surface area (Å²) < 4.78 is 5.69. The molecule has 0 aliphatic rings. The van der Waals surface area contributed by atoms with E-state index in [0.29, 0.717) is 28.1 Å². The van der Waals surface area contributed by atoms with E-state index in [-0.39, 0.29) is 5.91 Å². The number of amides is 1. The number of rotatable bonds is 5. The zero-order valence-corrected chi connectivity index (χ0v) is 13.5. The Labute approximate surface area is 139 Å². The first-order valence-electron chi connectivity index (χ1n) is 6.71. The molecule has 0 heterocycles. The van der Waals surface area contributed by atoms with E-state index in [1.807, 2.05) is 12.1 Å². The molecule has 0 bridgehead atoms. The molecule has 4 nitrogen and oxygen atoms in total. The van der Waals surface area contributed by atoms with E-state index in [9.17, 15) is 4.79 Å². The van der Waals surface area contributed by atoms with Gasteiger partial charge in [-0.25, -0.2) is 0 Å². The van der Waals surface area contributed by atoms with Gasteiger partial charge >= 0.3 is 0 Å². The van der Waals surface area contributed by atoms with Gasteiger partial charge in [0.15, 0.2) is 0 Å². The second-order valence-corrected chi connectivity index (χ2v) is 5.59. The fourth-order valence-electron chi connectivity index (χ4n) is 1.72. The Morgan fingerprint density at radius 2 is 1.91 bits per heavy atom. The van der Waals surface area contributed by atoms with Crippen LogP contribution in [-0.2, 0) is 11.3 Å². The van der Waals surface area contributed by atoms with Crippen LogP contribution >= 0.6 is 23.2 Å². The molecule has 0 aliphatic heterocycles. The number of carbonyl (C=O) groups excluding carboxylic acids is 1. The number of ether oxygens (including phenoxy) is 1. The molecule has 0 radical (unpaired) electrons. The van der Waals surface area contributed by atoms with Crippen LogP contribution in [0.25, 0.3) is 0 Å². The van der Waals surface area contributed by atoms with Gasteiger partial charge in [-0.05, 0) is 36.8 Å². The molecule has 0 saturated carbocycles. The third-order valence-corrected chi connectivity index (χ3v) is 3.75. The third kappa shape index (κ3) is 4.37. The lowest BCUT2D eigenvalue weighted by Gasteiger charge is -2.10. The molecule has 2 aromatic rings. The highest BCUT2D eigenvalue weighted by molar-refractivity contribution is 6.42. The number of halogens is 2. The van der Waals surface area contributed by atoms with Crippen LogP contribution in [0.4, 0.5) is 0 Å². The molecule has 0 aliphatic carbocycles. The van der Waals surface area contributed by atoms with Crippen molar-refractivity contribution in [2.45, 2.75) is 19.5 Å². The first-order chi connectivity index (χ1) is 10.5. The summed E-state index contributed by atoms with van der Waals surface area (Å²) >= 11 is 12.0. The molecule has 22 heavy (non-hydrogen) atoms. The Morgan fingerprint density at radius 1 is 1.23 bits per heavy atom. The van der Waals surface area contributed by atoms with E-state index in [2.05, 4.69) is 5.32 Å². The monoisotopic (exact) mass is 338 g/mol. The third-order valence-electron chi connectivity index (χ3n) is 2.95. The van der Waals surface area contributed by atoms with Gasteiger partial charge in [-0.15, -0.1) is 0 Å². The molecule has 3 N–H and O–H groups in total. The van der Waals surface area contributed by atoms with Gasteiger partial charge in [0.1, 0.15) is 16.5 Å². The molecule has 2 aromatic carbocycles. The lowest BCUT2D eigenvalue weighted by molar-refractivity contribution is -0.122. The quantitative estimate of drug-likeness (QED) is 0.872. The molecular formula is C16H16Cl2N2O2. The van der Waals surface area contributed by atoms with Crippen LogP contribution in [0.1, 0.15) is 12.5 Å². The van der Waals surface area contributed by atoms with Gasteiger partial charge < -0.3 is 15.8 Å². The largest absolute Gasteiger partial charge is 0.456 e. The highest BCUT2D eigenvalue weighted by Crippen LogP contribution is 2.34. The van der Waals surface area contributed by atoms with Gasteiger partial charge in [0.2, 0.25) is 5.91 Å². The fraction of sp³-hybridized carbons (Fsp3) is 0.188. The Morgan fingerprint density at radius 3 is 2.55 bits per heavy atom. The summed E-state index contributed by atoms with van der Waals surface area (Å²) in [5.74, 6) is 0.935. The predicted molar refractivity (Wildman–Crippen MR) is 88.5 cm³/mol. The van der Waals surface area contributed by atoms with Gasteiger partial charge in [-0.1, -0.05) is 41.4 Å². The topological polar surface area (TPSA) is 64.4 Å². The minimum Gasteiger partial charge on any atom is -0.456 e. The zero-order chi connectivity index (χ0) is 16.1. The molecule has 2 rings (SSSR count). The van der Waals surface area contributed by atoms with Crippen molar-refractivity contribution in [3.05, 3.63) is 58.1 Å². The summed E-state index contributed by atoms with van der Waals surface area (Å²) in [4.78, 5) is 11.4. The fourth-order valence-corrected chi connectivity index (χ4v) is 2.05. The maximum absolute atomic E-state index is 11.4. The van der Waals surface area contributed by atoms with Crippen molar-refractivity contribution in [3.63, 3.8) is 0 Å². The van der Waals surface area contributed by atoms with E-state index in [0.717, 1.165) is 5.56 Å². The molecule has 0 unspecified atom stereocenters. The van der Waals surface area contributed by atoms with Gasteiger partial charge in [-0.3, -0.25) is 4.79 Å². The molecule has 0 aromatic heterocycles. The Balaban J connectivity index is 2.00.